The molecule has 0 radical (unpaired) electrons. The summed E-state index contributed by atoms with van der Waals surface area (Å²) in [6, 6.07) is 0. The van der Waals surface area contributed by atoms with Gasteiger partial charge in [-0.05, 0) is 33.1 Å². The van der Waals surface area contributed by atoms with Crippen LogP contribution in [0.15, 0.2) is 0 Å². The van der Waals surface area contributed by atoms with Crippen LogP contribution in [-0.4, -0.2) is 48.7 Å². The highest BCUT2D eigenvalue weighted by Gasteiger charge is 2.29. The van der Waals surface area contributed by atoms with E-state index in [2.05, 4.69) is 5.32 Å². The van der Waals surface area contributed by atoms with Crippen LogP contribution in [0.1, 0.15) is 27.2 Å². The number of nitrogens with zero attached hydrogens (tertiary/aromatic N) is 1. The Kier molecular flexibility index (Phi) is 4.95. The first-order valence-electron chi connectivity index (χ1n) is 6.26. The van der Waals surface area contributed by atoms with E-state index < -0.39 is 5.60 Å². The van der Waals surface area contributed by atoms with Gasteiger partial charge in [0.15, 0.2) is 0 Å². The normalized spacial score (nSPS) is 19.8. The fourth-order valence-electron chi connectivity index (χ4n) is 1.82. The summed E-state index contributed by atoms with van der Waals surface area (Å²) in [4.78, 5) is 24.5. The van der Waals surface area contributed by atoms with Crippen LogP contribution in [0.4, 0.5) is 4.79 Å². The Balaban J connectivity index is 2.32. The van der Waals surface area contributed by atoms with Gasteiger partial charge < -0.3 is 20.7 Å². The molecular weight excluding hydrogens is 234 g/mol. The molecule has 1 rings (SSSR count). The first-order valence-corrected chi connectivity index (χ1v) is 6.26. The minimum atomic E-state index is -0.469. The molecule has 1 atom stereocenters. The average molecular weight is 257 g/mol. The molecule has 0 aromatic rings. The predicted molar refractivity (Wildman–Crippen MR) is 68.0 cm³/mol. The fourth-order valence-corrected chi connectivity index (χ4v) is 1.82. The molecule has 18 heavy (non-hydrogen) atoms. The molecule has 1 heterocycles. The third-order valence-corrected chi connectivity index (χ3v) is 2.71. The van der Waals surface area contributed by atoms with Crippen molar-refractivity contribution >= 4 is 12.0 Å². The molecule has 1 aliphatic heterocycles. The van der Waals surface area contributed by atoms with Crippen LogP contribution < -0.4 is 11.1 Å². The molecule has 0 saturated carbocycles. The molecule has 0 aliphatic carbocycles. The number of hydrogen-bond donors (Lipinski definition) is 2. The summed E-state index contributed by atoms with van der Waals surface area (Å²) in [5.74, 6) is 0.124. The van der Waals surface area contributed by atoms with Crippen molar-refractivity contribution < 1.29 is 14.3 Å². The number of hydrogen-bond acceptors (Lipinski definition) is 4. The van der Waals surface area contributed by atoms with Gasteiger partial charge in [0.2, 0.25) is 5.91 Å². The molecule has 1 aliphatic rings. The van der Waals surface area contributed by atoms with Crippen molar-refractivity contribution in [3.63, 3.8) is 0 Å². The first-order chi connectivity index (χ1) is 8.31. The molecule has 0 aromatic heterocycles. The average Bonchev–Trinajstić information content (AvgIpc) is 2.72. The number of rotatable bonds is 3. The minimum Gasteiger partial charge on any atom is -0.444 e. The zero-order chi connectivity index (χ0) is 13.8. The van der Waals surface area contributed by atoms with Gasteiger partial charge in [-0.3, -0.25) is 4.79 Å². The van der Waals surface area contributed by atoms with Crippen molar-refractivity contribution in [1.82, 2.24) is 10.2 Å². The van der Waals surface area contributed by atoms with Crippen molar-refractivity contribution in [1.29, 1.82) is 0 Å². The largest absolute Gasteiger partial charge is 0.444 e. The highest BCUT2D eigenvalue weighted by Crippen LogP contribution is 2.18. The van der Waals surface area contributed by atoms with Crippen molar-refractivity contribution in [2.75, 3.05) is 26.2 Å². The maximum Gasteiger partial charge on any atom is 0.410 e. The molecule has 0 bridgehead atoms. The predicted octanol–water partition coefficient (Wildman–Crippen LogP) is 0.318. The number of carbonyl (C=O) groups is 2. The van der Waals surface area contributed by atoms with Crippen LogP contribution >= 0.6 is 0 Å². The number of nitrogens with two attached hydrogens (primary N) is 1. The van der Waals surface area contributed by atoms with Gasteiger partial charge in [0.1, 0.15) is 5.60 Å². The highest BCUT2D eigenvalue weighted by molar-refractivity contribution is 5.77. The Bertz CT molecular complexity index is 312. The lowest BCUT2D eigenvalue weighted by Gasteiger charge is -2.24. The third kappa shape index (κ3) is 4.91. The summed E-state index contributed by atoms with van der Waals surface area (Å²) >= 11 is 0. The van der Waals surface area contributed by atoms with Crippen LogP contribution in [-0.2, 0) is 9.53 Å². The molecule has 0 aromatic carbocycles. The number of nitrogens with one attached hydrogen (secondary N) is 1. The molecule has 6 heteroatoms. The highest BCUT2D eigenvalue weighted by atomic mass is 16.6. The Labute approximate surface area is 108 Å². The summed E-state index contributed by atoms with van der Waals surface area (Å²) < 4.78 is 5.30. The molecule has 104 valence electrons. The van der Waals surface area contributed by atoms with Gasteiger partial charge in [0, 0.05) is 19.6 Å². The van der Waals surface area contributed by atoms with Crippen molar-refractivity contribution in [2.24, 2.45) is 11.7 Å². The van der Waals surface area contributed by atoms with Gasteiger partial charge in [-0.1, -0.05) is 0 Å². The van der Waals surface area contributed by atoms with Crippen LogP contribution in [0, 0.1) is 5.92 Å². The third-order valence-electron chi connectivity index (χ3n) is 2.71. The fraction of sp³-hybridized carbons (Fsp3) is 0.833. The zero-order valence-corrected chi connectivity index (χ0v) is 11.4. The zero-order valence-electron chi connectivity index (χ0n) is 11.4. The van der Waals surface area contributed by atoms with Crippen molar-refractivity contribution in [2.45, 2.75) is 32.8 Å². The maximum absolute atomic E-state index is 11.8. The monoisotopic (exact) mass is 257 g/mol. The topological polar surface area (TPSA) is 84.7 Å². The molecule has 1 saturated heterocycles. The van der Waals surface area contributed by atoms with Crippen LogP contribution in [0.25, 0.3) is 0 Å². The molecule has 3 N–H and O–H groups in total. The van der Waals surface area contributed by atoms with Gasteiger partial charge in [0.05, 0.1) is 6.54 Å². The maximum atomic E-state index is 11.8. The summed E-state index contributed by atoms with van der Waals surface area (Å²) in [6.07, 6.45) is 0.597. The van der Waals surface area contributed by atoms with E-state index in [0.717, 1.165) is 6.42 Å². The summed E-state index contributed by atoms with van der Waals surface area (Å²) in [5.41, 5.74) is 4.74. The van der Waals surface area contributed by atoms with E-state index in [-0.39, 0.29) is 24.5 Å². The van der Waals surface area contributed by atoms with Crippen LogP contribution in [0.3, 0.4) is 0 Å². The van der Waals surface area contributed by atoms with E-state index in [0.29, 0.717) is 19.6 Å². The number of amides is 2. The number of ether oxygens (including phenoxy) is 1. The van der Waals surface area contributed by atoms with Gasteiger partial charge in [-0.15, -0.1) is 0 Å². The number of likely N-dealkylation sites (tertiary alicyclic amines) is 1. The van der Waals surface area contributed by atoms with Gasteiger partial charge in [0.25, 0.3) is 0 Å². The SMILES string of the molecule is CC(C)(C)OC(=O)N1CC[C@H](CNC(=O)CN)C1. The Morgan fingerprint density at radius 3 is 2.67 bits per heavy atom. The standard InChI is InChI=1S/C12H23N3O3/c1-12(2,3)18-11(17)15-5-4-9(8-15)7-14-10(16)6-13/h9H,4-8,13H2,1-3H3,(H,14,16)/t9-/m1/s1. The van der Waals surface area contributed by atoms with E-state index in [4.69, 9.17) is 10.5 Å². The first kappa shape index (κ1) is 14.8. The second-order valence-corrected chi connectivity index (χ2v) is 5.59. The second-order valence-electron chi connectivity index (χ2n) is 5.59. The lowest BCUT2D eigenvalue weighted by molar-refractivity contribution is -0.119. The van der Waals surface area contributed by atoms with E-state index in [1.165, 1.54) is 0 Å². The van der Waals surface area contributed by atoms with Gasteiger partial charge in [-0.2, -0.15) is 0 Å². The quantitative estimate of drug-likeness (QED) is 0.762. The lowest BCUT2D eigenvalue weighted by atomic mass is 10.1. The Morgan fingerprint density at radius 1 is 1.44 bits per heavy atom. The second kappa shape index (κ2) is 6.04. The molecule has 2 amide bonds. The smallest absolute Gasteiger partial charge is 0.410 e. The van der Waals surface area contributed by atoms with Gasteiger partial charge in [-0.25, -0.2) is 4.79 Å². The Morgan fingerprint density at radius 2 is 2.11 bits per heavy atom. The lowest BCUT2D eigenvalue weighted by Crippen LogP contribution is -2.37. The van der Waals surface area contributed by atoms with E-state index in [1.54, 1.807) is 4.90 Å². The van der Waals surface area contributed by atoms with E-state index in [1.807, 2.05) is 20.8 Å². The van der Waals surface area contributed by atoms with Crippen LogP contribution in [0.2, 0.25) is 0 Å². The minimum absolute atomic E-state index is 0.00248. The van der Waals surface area contributed by atoms with Gasteiger partial charge >= 0.3 is 6.09 Å². The summed E-state index contributed by atoms with van der Waals surface area (Å²) in [6.45, 7) is 7.41. The molecule has 0 unspecified atom stereocenters. The summed E-state index contributed by atoms with van der Waals surface area (Å²) in [5, 5.41) is 2.74. The molecule has 1 fully saturated rings. The Hall–Kier alpha value is -1.30. The molecular formula is C12H23N3O3. The molecule has 6 nitrogen and oxygen atoms in total. The van der Waals surface area contributed by atoms with E-state index in [9.17, 15) is 9.59 Å². The van der Waals surface area contributed by atoms with Crippen molar-refractivity contribution in [3.05, 3.63) is 0 Å². The van der Waals surface area contributed by atoms with E-state index >= 15 is 0 Å². The van der Waals surface area contributed by atoms with Crippen molar-refractivity contribution in [3.8, 4) is 0 Å². The molecule has 0 spiro atoms. The number of carbonyl (C=O) groups excluding carboxylic acids is 2. The summed E-state index contributed by atoms with van der Waals surface area (Å²) in [7, 11) is 0. The van der Waals surface area contributed by atoms with Crippen LogP contribution in [0.5, 0.6) is 0 Å².